The van der Waals surface area contributed by atoms with Crippen LogP contribution in [0.2, 0.25) is 0 Å². The molecule has 6 heteroatoms. The van der Waals surface area contributed by atoms with Crippen molar-refractivity contribution in [1.29, 1.82) is 0 Å². The molecule has 0 saturated heterocycles. The number of anilines is 1. The Morgan fingerprint density at radius 2 is 2.31 bits per heavy atom. The number of aromatic nitrogens is 2. The Morgan fingerprint density at radius 1 is 1.44 bits per heavy atom. The summed E-state index contributed by atoms with van der Waals surface area (Å²) in [5.74, 6) is 1.37. The molecule has 0 aliphatic carbocycles. The van der Waals surface area contributed by atoms with Crippen molar-refractivity contribution in [2.75, 3.05) is 5.32 Å². The van der Waals surface area contributed by atoms with Crippen LogP contribution in [0.15, 0.2) is 35.1 Å². The van der Waals surface area contributed by atoms with E-state index in [-0.39, 0.29) is 0 Å². The van der Waals surface area contributed by atoms with Crippen molar-refractivity contribution in [3.8, 4) is 0 Å². The monoisotopic (exact) mass is 234 g/mol. The van der Waals surface area contributed by atoms with E-state index in [4.69, 9.17) is 22.5 Å². The smallest absolute Gasteiger partial charge is 0.155 e. The molecule has 2 aromatic rings. The summed E-state index contributed by atoms with van der Waals surface area (Å²) in [6.45, 7) is 0.493. The summed E-state index contributed by atoms with van der Waals surface area (Å²) in [5.41, 5.74) is 6.30. The van der Waals surface area contributed by atoms with E-state index >= 15 is 0 Å². The molecule has 0 radical (unpaired) electrons. The van der Waals surface area contributed by atoms with Gasteiger partial charge < -0.3 is 15.6 Å². The van der Waals surface area contributed by atoms with E-state index in [2.05, 4.69) is 15.5 Å². The van der Waals surface area contributed by atoms with Crippen LogP contribution in [0.1, 0.15) is 11.3 Å². The average Bonchev–Trinajstić information content (AvgIpc) is 2.79. The molecular formula is C10H10N4OS. The number of rotatable bonds is 4. The van der Waals surface area contributed by atoms with Gasteiger partial charge in [-0.1, -0.05) is 17.4 Å². The Hall–Kier alpha value is -1.95. The van der Waals surface area contributed by atoms with Crippen molar-refractivity contribution in [2.45, 2.75) is 6.54 Å². The second kappa shape index (κ2) is 4.71. The molecule has 5 nitrogen and oxygen atoms in total. The number of nitrogens with one attached hydrogen (secondary N) is 1. The van der Waals surface area contributed by atoms with Crippen LogP contribution in [-0.4, -0.2) is 15.1 Å². The molecule has 0 atom stereocenters. The number of nitrogens with zero attached hydrogens (tertiary/aromatic N) is 2. The van der Waals surface area contributed by atoms with Gasteiger partial charge in [-0.15, -0.1) is 0 Å². The third kappa shape index (κ3) is 2.34. The molecule has 16 heavy (non-hydrogen) atoms. The zero-order chi connectivity index (χ0) is 11.4. The predicted octanol–water partition coefficient (Wildman–Crippen LogP) is 1.32. The number of hydrogen-bond donors (Lipinski definition) is 2. The van der Waals surface area contributed by atoms with Crippen LogP contribution < -0.4 is 11.1 Å². The van der Waals surface area contributed by atoms with Gasteiger partial charge in [0.25, 0.3) is 0 Å². The van der Waals surface area contributed by atoms with Gasteiger partial charge in [-0.2, -0.15) is 0 Å². The lowest BCUT2D eigenvalue weighted by Gasteiger charge is -2.07. The van der Waals surface area contributed by atoms with Gasteiger partial charge in [0.05, 0.1) is 18.3 Å². The van der Waals surface area contributed by atoms with Crippen LogP contribution in [0.25, 0.3) is 0 Å². The third-order valence-electron chi connectivity index (χ3n) is 1.99. The Morgan fingerprint density at radius 3 is 3.00 bits per heavy atom. The van der Waals surface area contributed by atoms with Crippen molar-refractivity contribution in [3.05, 3.63) is 41.9 Å². The lowest BCUT2D eigenvalue weighted by atomic mass is 10.2. The minimum atomic E-state index is 0.313. The number of pyridine rings is 1. The highest BCUT2D eigenvalue weighted by atomic mass is 32.1. The second-order valence-electron chi connectivity index (χ2n) is 3.10. The van der Waals surface area contributed by atoms with Gasteiger partial charge in [0.2, 0.25) is 0 Å². The molecule has 0 aliphatic rings. The van der Waals surface area contributed by atoms with E-state index in [0.717, 1.165) is 11.3 Å². The number of hydrogen-bond acceptors (Lipinski definition) is 5. The maximum Gasteiger partial charge on any atom is 0.155 e. The van der Waals surface area contributed by atoms with Crippen molar-refractivity contribution in [2.24, 2.45) is 5.73 Å². The predicted molar refractivity (Wildman–Crippen MR) is 64.0 cm³/mol. The number of nitrogens with two attached hydrogens (primary N) is 1. The molecule has 0 spiro atoms. The van der Waals surface area contributed by atoms with E-state index < -0.39 is 0 Å². The lowest BCUT2D eigenvalue weighted by Crippen LogP contribution is -2.14. The van der Waals surface area contributed by atoms with E-state index in [9.17, 15) is 0 Å². The fourth-order valence-electron chi connectivity index (χ4n) is 1.25. The first-order chi connectivity index (χ1) is 7.77. The zero-order valence-corrected chi connectivity index (χ0v) is 9.20. The average molecular weight is 234 g/mol. The fourth-order valence-corrected chi connectivity index (χ4v) is 1.41. The summed E-state index contributed by atoms with van der Waals surface area (Å²) < 4.78 is 4.95. The van der Waals surface area contributed by atoms with Crippen molar-refractivity contribution < 1.29 is 4.52 Å². The summed E-state index contributed by atoms with van der Waals surface area (Å²) >= 11 is 4.93. The molecule has 2 heterocycles. The molecule has 2 rings (SSSR count). The minimum Gasteiger partial charge on any atom is -0.389 e. The van der Waals surface area contributed by atoms with Gasteiger partial charge >= 0.3 is 0 Å². The minimum absolute atomic E-state index is 0.313. The Balaban J connectivity index is 2.12. The first-order valence-corrected chi connectivity index (χ1v) is 5.06. The Labute approximate surface area is 97.7 Å². The fraction of sp³-hybridized carbons (Fsp3) is 0.100. The van der Waals surface area contributed by atoms with Gasteiger partial charge in [-0.3, -0.25) is 0 Å². The molecule has 0 saturated carbocycles. The number of thiocarbonyl (C=S) groups is 1. The second-order valence-corrected chi connectivity index (χ2v) is 3.54. The molecule has 0 unspecified atom stereocenters. The normalized spacial score (nSPS) is 10.0. The molecule has 0 fully saturated rings. The Kier molecular flexibility index (Phi) is 3.11. The summed E-state index contributed by atoms with van der Waals surface area (Å²) in [6.07, 6.45) is 3.26. The third-order valence-corrected chi connectivity index (χ3v) is 2.21. The lowest BCUT2D eigenvalue weighted by molar-refractivity contribution is 0.388. The largest absolute Gasteiger partial charge is 0.389 e. The maximum atomic E-state index is 5.58. The molecule has 0 aromatic carbocycles. The van der Waals surface area contributed by atoms with Crippen LogP contribution in [0.3, 0.4) is 0 Å². The topological polar surface area (TPSA) is 77.0 Å². The van der Waals surface area contributed by atoms with E-state index in [1.54, 1.807) is 24.5 Å². The van der Waals surface area contributed by atoms with Gasteiger partial charge in [0.15, 0.2) is 5.76 Å². The van der Waals surface area contributed by atoms with Crippen molar-refractivity contribution in [3.63, 3.8) is 0 Å². The first kappa shape index (κ1) is 10.6. The highest BCUT2D eigenvalue weighted by Gasteiger charge is 2.06. The van der Waals surface area contributed by atoms with Crippen LogP contribution in [0, 0.1) is 0 Å². The Bertz CT molecular complexity index is 483. The highest BCUT2D eigenvalue weighted by Crippen LogP contribution is 2.12. The summed E-state index contributed by atoms with van der Waals surface area (Å²) in [4.78, 5) is 4.47. The summed E-state index contributed by atoms with van der Waals surface area (Å²) in [7, 11) is 0. The van der Waals surface area contributed by atoms with Crippen LogP contribution >= 0.6 is 12.2 Å². The van der Waals surface area contributed by atoms with E-state index in [0.29, 0.717) is 17.4 Å². The molecule has 82 valence electrons. The quantitative estimate of drug-likeness (QED) is 0.777. The maximum absolute atomic E-state index is 5.58. The van der Waals surface area contributed by atoms with Crippen LogP contribution in [0.4, 0.5) is 5.82 Å². The van der Waals surface area contributed by atoms with Gasteiger partial charge in [-0.05, 0) is 12.1 Å². The molecular weight excluding hydrogens is 224 g/mol. The summed E-state index contributed by atoms with van der Waals surface area (Å²) in [6, 6.07) is 5.38. The standard InChI is InChI=1S/C10H10N4OS/c11-9(16)8-2-1-4-12-10(8)13-6-7-3-5-14-15-7/h1-5H,6H2,(H2,11,16)(H,12,13). The van der Waals surface area contributed by atoms with Crippen molar-refractivity contribution in [1.82, 2.24) is 10.1 Å². The molecule has 2 aromatic heterocycles. The van der Waals surface area contributed by atoms with Crippen molar-refractivity contribution >= 4 is 23.0 Å². The zero-order valence-electron chi connectivity index (χ0n) is 8.38. The first-order valence-electron chi connectivity index (χ1n) is 4.65. The van der Waals surface area contributed by atoms with Gasteiger partial charge in [0, 0.05) is 12.3 Å². The SMILES string of the molecule is NC(=S)c1cccnc1NCc1ccno1. The van der Waals surface area contributed by atoms with Crippen LogP contribution in [-0.2, 0) is 6.54 Å². The molecule has 3 N–H and O–H groups in total. The van der Waals surface area contributed by atoms with E-state index in [1.807, 2.05) is 6.07 Å². The molecule has 0 bridgehead atoms. The van der Waals surface area contributed by atoms with Crippen LogP contribution in [0.5, 0.6) is 0 Å². The highest BCUT2D eigenvalue weighted by molar-refractivity contribution is 7.80. The van der Waals surface area contributed by atoms with E-state index in [1.165, 1.54) is 0 Å². The molecule has 0 amide bonds. The van der Waals surface area contributed by atoms with Gasteiger partial charge in [0.1, 0.15) is 10.8 Å². The molecule has 0 aliphatic heterocycles. The van der Waals surface area contributed by atoms with Gasteiger partial charge in [-0.25, -0.2) is 4.98 Å². The summed E-state index contributed by atoms with van der Waals surface area (Å²) in [5, 5.41) is 6.69.